The molecule has 0 spiro atoms. The second kappa shape index (κ2) is 4.32. The van der Waals surface area contributed by atoms with Crippen molar-refractivity contribution in [1.82, 2.24) is 0 Å². The number of epoxide rings is 1. The van der Waals surface area contributed by atoms with E-state index in [4.69, 9.17) is 4.74 Å². The molecule has 1 aliphatic heterocycles. The standard InChI is InChI=1S/C19H20O6/c1-9-7-10-5-6-17-16(23)14-11(3-2-4-12(14)20)15(22)19(17,25-17)18(10,24)13(21)8-9/h2-4,8,10,13,15,20-22,24H,5-7H2,1H3/t10-,13-,15+,17-,18+,19+/m1/s1. The molecule has 1 saturated heterocycles. The van der Waals surface area contributed by atoms with Crippen molar-refractivity contribution in [2.45, 2.75) is 55.2 Å². The molecule has 0 unspecified atom stereocenters. The molecule has 1 aromatic rings. The van der Waals surface area contributed by atoms with Gasteiger partial charge in [0.25, 0.3) is 0 Å². The Kier molecular flexibility index (Phi) is 2.68. The number of hydrogen-bond donors (Lipinski definition) is 4. The molecule has 0 radical (unpaired) electrons. The van der Waals surface area contributed by atoms with E-state index < -0.39 is 34.8 Å². The van der Waals surface area contributed by atoms with Gasteiger partial charge in [0.1, 0.15) is 23.6 Å². The summed E-state index contributed by atoms with van der Waals surface area (Å²) in [6.45, 7) is 1.89. The topological polar surface area (TPSA) is 111 Å². The molecule has 4 N–H and O–H groups in total. The number of hydrogen-bond acceptors (Lipinski definition) is 6. The number of ether oxygens (including phenoxy) is 1. The highest BCUT2D eigenvalue weighted by atomic mass is 16.7. The summed E-state index contributed by atoms with van der Waals surface area (Å²) in [5.41, 5.74) is -3.43. The average molecular weight is 344 g/mol. The van der Waals surface area contributed by atoms with Gasteiger partial charge in [0.15, 0.2) is 11.2 Å². The number of aromatic hydroxyl groups is 1. The number of carbonyl (C=O) groups is 1. The van der Waals surface area contributed by atoms with Crippen LogP contribution in [-0.2, 0) is 4.74 Å². The molecule has 3 aliphatic carbocycles. The van der Waals surface area contributed by atoms with Crippen molar-refractivity contribution >= 4 is 5.78 Å². The first-order chi connectivity index (χ1) is 11.8. The number of aliphatic hydroxyl groups excluding tert-OH is 2. The van der Waals surface area contributed by atoms with Gasteiger partial charge in [-0.15, -0.1) is 0 Å². The Balaban J connectivity index is 1.76. The monoisotopic (exact) mass is 344 g/mol. The van der Waals surface area contributed by atoms with Crippen LogP contribution in [0.3, 0.4) is 0 Å². The lowest BCUT2D eigenvalue weighted by molar-refractivity contribution is -0.185. The maximum atomic E-state index is 13.2. The summed E-state index contributed by atoms with van der Waals surface area (Å²) < 4.78 is 5.90. The lowest BCUT2D eigenvalue weighted by Gasteiger charge is -2.52. The quantitative estimate of drug-likeness (QED) is 0.412. The van der Waals surface area contributed by atoms with Crippen LogP contribution in [0.5, 0.6) is 5.75 Å². The van der Waals surface area contributed by atoms with E-state index >= 15 is 0 Å². The number of carbonyl (C=O) groups excluding carboxylic acids is 1. The zero-order valence-electron chi connectivity index (χ0n) is 13.8. The van der Waals surface area contributed by atoms with Crippen LogP contribution < -0.4 is 0 Å². The average Bonchev–Trinajstić information content (AvgIpc) is 3.28. The fourth-order valence-electron chi connectivity index (χ4n) is 5.64. The first-order valence-corrected chi connectivity index (χ1v) is 8.62. The Morgan fingerprint density at radius 2 is 2.04 bits per heavy atom. The van der Waals surface area contributed by atoms with Gasteiger partial charge in [-0.05, 0) is 43.7 Å². The molecule has 25 heavy (non-hydrogen) atoms. The van der Waals surface area contributed by atoms with Crippen LogP contribution in [0.1, 0.15) is 48.2 Å². The van der Waals surface area contributed by atoms with Crippen LogP contribution in [0.2, 0.25) is 0 Å². The van der Waals surface area contributed by atoms with Crippen LogP contribution in [0.15, 0.2) is 29.8 Å². The fourth-order valence-corrected chi connectivity index (χ4v) is 5.64. The number of allylic oxidation sites excluding steroid dienone is 1. The lowest BCUT2D eigenvalue weighted by atomic mass is 9.52. The molecule has 1 aromatic carbocycles. The van der Waals surface area contributed by atoms with Gasteiger partial charge in [-0.25, -0.2) is 0 Å². The largest absolute Gasteiger partial charge is 0.507 e. The van der Waals surface area contributed by atoms with Crippen molar-refractivity contribution in [3.05, 3.63) is 41.0 Å². The normalized spacial score (nSPS) is 47.1. The van der Waals surface area contributed by atoms with Crippen LogP contribution in [0.4, 0.5) is 0 Å². The van der Waals surface area contributed by atoms with E-state index in [0.29, 0.717) is 19.3 Å². The van der Waals surface area contributed by atoms with Crippen molar-refractivity contribution in [3.8, 4) is 5.75 Å². The maximum Gasteiger partial charge on any atom is 0.201 e. The summed E-state index contributed by atoms with van der Waals surface area (Å²) in [7, 11) is 0. The molecular weight excluding hydrogens is 324 g/mol. The summed E-state index contributed by atoms with van der Waals surface area (Å²) in [6, 6.07) is 4.50. The Hall–Kier alpha value is -1.73. The van der Waals surface area contributed by atoms with E-state index in [1.165, 1.54) is 6.07 Å². The zero-order chi connectivity index (χ0) is 17.8. The SMILES string of the molecule is CC1=C[C@@H](O)[C@@]2(O)[C@H](CC[C@]34O[C@]23[C@@H](O)c2cccc(O)c2C4=O)C1. The molecule has 1 heterocycles. The highest BCUT2D eigenvalue weighted by Crippen LogP contribution is 2.73. The van der Waals surface area contributed by atoms with E-state index in [2.05, 4.69) is 0 Å². The van der Waals surface area contributed by atoms with Gasteiger partial charge < -0.3 is 25.2 Å². The second-order valence-corrected chi connectivity index (χ2v) is 7.86. The lowest BCUT2D eigenvalue weighted by Crippen LogP contribution is -2.69. The predicted octanol–water partition coefficient (Wildman–Crippen LogP) is 0.982. The molecule has 0 aromatic heterocycles. The molecule has 132 valence electrons. The fraction of sp³-hybridized carbons (Fsp3) is 0.526. The minimum absolute atomic E-state index is 0.0576. The summed E-state index contributed by atoms with van der Waals surface area (Å²) in [6.07, 6.45) is 0.489. The first-order valence-electron chi connectivity index (χ1n) is 8.62. The van der Waals surface area contributed by atoms with E-state index in [9.17, 15) is 25.2 Å². The van der Waals surface area contributed by atoms with Crippen molar-refractivity contribution in [2.24, 2.45) is 5.92 Å². The first kappa shape index (κ1) is 15.5. The third-order valence-corrected chi connectivity index (χ3v) is 6.77. The molecule has 6 atom stereocenters. The van der Waals surface area contributed by atoms with Crippen LogP contribution in [0.25, 0.3) is 0 Å². The molecule has 0 bridgehead atoms. The number of Topliss-reactive ketones (excluding diaryl/α,β-unsaturated/α-hetero) is 1. The van der Waals surface area contributed by atoms with Crippen molar-refractivity contribution in [3.63, 3.8) is 0 Å². The Bertz CT molecular complexity index is 846. The number of aliphatic hydroxyl groups is 3. The summed E-state index contributed by atoms with van der Waals surface area (Å²) in [5, 5.41) is 43.5. The Morgan fingerprint density at radius 1 is 1.28 bits per heavy atom. The summed E-state index contributed by atoms with van der Waals surface area (Å²) >= 11 is 0. The van der Waals surface area contributed by atoms with Crippen molar-refractivity contribution < 1.29 is 30.0 Å². The van der Waals surface area contributed by atoms with Crippen molar-refractivity contribution in [1.29, 1.82) is 0 Å². The van der Waals surface area contributed by atoms with E-state index in [1.54, 1.807) is 18.2 Å². The van der Waals surface area contributed by atoms with Gasteiger partial charge in [0.2, 0.25) is 5.78 Å². The minimum Gasteiger partial charge on any atom is -0.507 e. The predicted molar refractivity (Wildman–Crippen MR) is 86.0 cm³/mol. The number of fused-ring (bicyclic) bond motifs is 2. The number of phenolic OH excluding ortho intramolecular Hbond substituents is 1. The zero-order valence-corrected chi connectivity index (χ0v) is 13.8. The third-order valence-electron chi connectivity index (χ3n) is 6.77. The van der Waals surface area contributed by atoms with Gasteiger partial charge >= 0.3 is 0 Å². The molecule has 6 nitrogen and oxygen atoms in total. The molecular formula is C19H20O6. The van der Waals surface area contributed by atoms with Gasteiger partial charge in [-0.1, -0.05) is 23.8 Å². The number of phenols is 1. The van der Waals surface area contributed by atoms with Gasteiger partial charge in [-0.2, -0.15) is 0 Å². The minimum atomic E-state index is -1.75. The third kappa shape index (κ3) is 1.42. The van der Waals surface area contributed by atoms with Crippen molar-refractivity contribution in [2.75, 3.05) is 0 Å². The van der Waals surface area contributed by atoms with Crippen LogP contribution in [0, 0.1) is 5.92 Å². The highest BCUT2D eigenvalue weighted by molar-refractivity contribution is 6.10. The molecule has 1 saturated carbocycles. The Morgan fingerprint density at radius 3 is 2.80 bits per heavy atom. The molecule has 0 amide bonds. The van der Waals surface area contributed by atoms with Gasteiger partial charge in [0, 0.05) is 0 Å². The summed E-state index contributed by atoms with van der Waals surface area (Å²) in [4.78, 5) is 13.2. The number of ketones is 1. The van der Waals surface area contributed by atoms with E-state index in [0.717, 1.165) is 5.57 Å². The smallest absolute Gasteiger partial charge is 0.201 e. The van der Waals surface area contributed by atoms with Crippen LogP contribution >= 0.6 is 0 Å². The van der Waals surface area contributed by atoms with Gasteiger partial charge in [-0.3, -0.25) is 4.79 Å². The Labute approximate surface area is 144 Å². The van der Waals surface area contributed by atoms with E-state index in [1.807, 2.05) is 6.92 Å². The number of benzene rings is 1. The van der Waals surface area contributed by atoms with E-state index in [-0.39, 0.29) is 22.8 Å². The molecule has 2 fully saturated rings. The van der Waals surface area contributed by atoms with Gasteiger partial charge in [0.05, 0.1) is 5.56 Å². The second-order valence-electron chi connectivity index (χ2n) is 7.86. The maximum absolute atomic E-state index is 13.2. The number of rotatable bonds is 0. The molecule has 6 heteroatoms. The molecule has 5 rings (SSSR count). The summed E-state index contributed by atoms with van der Waals surface area (Å²) in [5.74, 6) is -0.922. The highest BCUT2D eigenvalue weighted by Gasteiger charge is 2.90. The molecule has 4 aliphatic rings. The van der Waals surface area contributed by atoms with Crippen LogP contribution in [-0.4, -0.2) is 49.1 Å².